The van der Waals surface area contributed by atoms with Gasteiger partial charge in [-0.05, 0) is 65.6 Å². The smallest absolute Gasteiger partial charge is 0.124 e. The molecule has 1 N–H and O–H groups in total. The van der Waals surface area contributed by atoms with Gasteiger partial charge in [0, 0.05) is 22.9 Å². The number of nitrogens with zero attached hydrogens (tertiary/aromatic N) is 2. The number of para-hydroxylation sites is 1. The van der Waals surface area contributed by atoms with E-state index < -0.39 is 0 Å². The summed E-state index contributed by atoms with van der Waals surface area (Å²) in [6, 6.07) is 25.7. The molecule has 0 fully saturated rings. The largest absolute Gasteiger partial charge is 0.507 e. The average molecular weight is 380 g/mol. The monoisotopic (exact) mass is 380 g/mol. The van der Waals surface area contributed by atoms with Crippen molar-refractivity contribution in [1.29, 1.82) is 0 Å². The van der Waals surface area contributed by atoms with E-state index in [2.05, 4.69) is 44.0 Å². The Labute approximate surface area is 171 Å². The number of pyridine rings is 2. The Bertz CT molecular complexity index is 1140. The summed E-state index contributed by atoms with van der Waals surface area (Å²) in [6.45, 7) is 6.63. The summed E-state index contributed by atoms with van der Waals surface area (Å²) in [4.78, 5) is 9.38. The Balaban J connectivity index is 1.87. The number of hydrogen-bond donors (Lipinski definition) is 1. The predicted octanol–water partition coefficient (Wildman–Crippen LogP) is 6.48. The molecule has 144 valence electrons. The Hall–Kier alpha value is -3.46. The van der Waals surface area contributed by atoms with Crippen molar-refractivity contribution in [2.24, 2.45) is 0 Å². The van der Waals surface area contributed by atoms with Crippen LogP contribution in [0.3, 0.4) is 0 Å². The van der Waals surface area contributed by atoms with Crippen LogP contribution >= 0.6 is 0 Å². The average Bonchev–Trinajstić information content (AvgIpc) is 2.74. The SMILES string of the molecule is CC(C)(C)c1cc(-c2ccccn2)cc(-c2cccc(-c3ccccc3O)n2)c1. The maximum absolute atomic E-state index is 10.2. The zero-order valence-corrected chi connectivity index (χ0v) is 16.9. The number of hydrogen-bond acceptors (Lipinski definition) is 3. The van der Waals surface area contributed by atoms with Crippen molar-refractivity contribution >= 4 is 0 Å². The van der Waals surface area contributed by atoms with Crippen molar-refractivity contribution in [3.05, 3.63) is 90.6 Å². The zero-order chi connectivity index (χ0) is 20.4. The van der Waals surface area contributed by atoms with Gasteiger partial charge in [0.15, 0.2) is 0 Å². The summed E-state index contributed by atoms with van der Waals surface area (Å²) in [7, 11) is 0. The van der Waals surface area contributed by atoms with Crippen LogP contribution in [0.4, 0.5) is 0 Å². The molecular weight excluding hydrogens is 356 g/mol. The van der Waals surface area contributed by atoms with Gasteiger partial charge in [0.1, 0.15) is 5.75 Å². The molecule has 0 radical (unpaired) electrons. The first-order valence-corrected chi connectivity index (χ1v) is 9.74. The Morgan fingerprint density at radius 2 is 1.34 bits per heavy atom. The molecule has 29 heavy (non-hydrogen) atoms. The molecule has 2 aromatic heterocycles. The van der Waals surface area contributed by atoms with Crippen LogP contribution in [0.2, 0.25) is 0 Å². The van der Waals surface area contributed by atoms with Crippen LogP contribution in [0.5, 0.6) is 5.75 Å². The molecule has 0 amide bonds. The highest BCUT2D eigenvalue weighted by Gasteiger charge is 2.17. The lowest BCUT2D eigenvalue weighted by Gasteiger charge is -2.21. The van der Waals surface area contributed by atoms with E-state index in [9.17, 15) is 5.11 Å². The van der Waals surface area contributed by atoms with Gasteiger partial charge >= 0.3 is 0 Å². The minimum Gasteiger partial charge on any atom is -0.507 e. The molecular formula is C26H24N2O. The molecule has 4 aromatic rings. The lowest BCUT2D eigenvalue weighted by molar-refractivity contribution is 0.477. The molecule has 0 aliphatic carbocycles. The molecule has 0 saturated carbocycles. The van der Waals surface area contributed by atoms with Crippen LogP contribution in [0.15, 0.2) is 85.1 Å². The first-order valence-electron chi connectivity index (χ1n) is 9.74. The van der Waals surface area contributed by atoms with Crippen molar-refractivity contribution in [2.45, 2.75) is 26.2 Å². The Morgan fingerprint density at radius 3 is 2.03 bits per heavy atom. The van der Waals surface area contributed by atoms with Crippen molar-refractivity contribution < 1.29 is 5.11 Å². The fourth-order valence-electron chi connectivity index (χ4n) is 3.33. The van der Waals surface area contributed by atoms with E-state index >= 15 is 0 Å². The molecule has 0 bridgehead atoms. The topological polar surface area (TPSA) is 46.0 Å². The van der Waals surface area contributed by atoms with Gasteiger partial charge in [-0.25, -0.2) is 4.98 Å². The molecule has 4 rings (SSSR count). The zero-order valence-electron chi connectivity index (χ0n) is 16.9. The number of phenolic OH excluding ortho intramolecular Hbond substituents is 1. The van der Waals surface area contributed by atoms with Gasteiger partial charge in [-0.2, -0.15) is 0 Å². The molecule has 2 heterocycles. The highest BCUT2D eigenvalue weighted by Crippen LogP contribution is 2.34. The van der Waals surface area contributed by atoms with Gasteiger partial charge < -0.3 is 5.11 Å². The lowest BCUT2D eigenvalue weighted by atomic mass is 9.84. The van der Waals surface area contributed by atoms with Gasteiger partial charge in [-0.3, -0.25) is 4.98 Å². The molecule has 0 aliphatic rings. The van der Waals surface area contributed by atoms with Crippen LogP contribution in [-0.2, 0) is 5.41 Å². The van der Waals surface area contributed by atoms with E-state index in [0.29, 0.717) is 0 Å². The number of aromatic hydroxyl groups is 1. The van der Waals surface area contributed by atoms with Crippen LogP contribution in [-0.4, -0.2) is 15.1 Å². The second-order valence-corrected chi connectivity index (χ2v) is 8.19. The van der Waals surface area contributed by atoms with Gasteiger partial charge in [0.05, 0.1) is 17.1 Å². The molecule has 0 atom stereocenters. The van der Waals surface area contributed by atoms with E-state index in [0.717, 1.165) is 33.8 Å². The standard InChI is InChI=1S/C26H24N2O/c1-26(2,3)20-16-18(22-10-6-7-14-27-22)15-19(17-20)23-11-8-12-24(28-23)21-9-4-5-13-25(21)29/h4-17,29H,1-3H3. The van der Waals surface area contributed by atoms with Crippen molar-refractivity contribution in [3.8, 4) is 39.5 Å². The first kappa shape index (κ1) is 18.9. The molecule has 3 heteroatoms. The Kier molecular flexibility index (Phi) is 4.89. The quantitative estimate of drug-likeness (QED) is 0.442. The minimum absolute atomic E-state index is 0.00511. The van der Waals surface area contributed by atoms with E-state index in [-0.39, 0.29) is 11.2 Å². The van der Waals surface area contributed by atoms with E-state index in [1.807, 2.05) is 60.8 Å². The summed E-state index contributed by atoms with van der Waals surface area (Å²) >= 11 is 0. The third-order valence-corrected chi connectivity index (χ3v) is 4.98. The summed E-state index contributed by atoms with van der Waals surface area (Å²) in [6.07, 6.45) is 1.82. The van der Waals surface area contributed by atoms with Gasteiger partial charge in [-0.1, -0.05) is 45.0 Å². The second-order valence-electron chi connectivity index (χ2n) is 8.19. The number of rotatable bonds is 3. The van der Waals surface area contributed by atoms with Crippen molar-refractivity contribution in [1.82, 2.24) is 9.97 Å². The van der Waals surface area contributed by atoms with Gasteiger partial charge in [0.2, 0.25) is 0 Å². The van der Waals surface area contributed by atoms with E-state index in [4.69, 9.17) is 4.98 Å². The summed E-state index contributed by atoms with van der Waals surface area (Å²) in [5.41, 5.74) is 6.62. The number of aromatic nitrogens is 2. The fourth-order valence-corrected chi connectivity index (χ4v) is 3.33. The second kappa shape index (κ2) is 7.51. The number of benzene rings is 2. The first-order chi connectivity index (χ1) is 13.9. The molecule has 0 unspecified atom stereocenters. The summed E-state index contributed by atoms with van der Waals surface area (Å²) in [5.74, 6) is 0.231. The highest BCUT2D eigenvalue weighted by molar-refractivity contribution is 5.74. The normalized spacial score (nSPS) is 11.4. The van der Waals surface area contributed by atoms with Crippen molar-refractivity contribution in [3.63, 3.8) is 0 Å². The van der Waals surface area contributed by atoms with Crippen LogP contribution in [0, 0.1) is 0 Å². The fraction of sp³-hybridized carbons (Fsp3) is 0.154. The van der Waals surface area contributed by atoms with Crippen LogP contribution in [0.1, 0.15) is 26.3 Å². The van der Waals surface area contributed by atoms with Crippen molar-refractivity contribution in [2.75, 3.05) is 0 Å². The van der Waals surface area contributed by atoms with E-state index in [1.165, 1.54) is 5.56 Å². The van der Waals surface area contributed by atoms with Gasteiger partial charge in [0.25, 0.3) is 0 Å². The summed E-state index contributed by atoms with van der Waals surface area (Å²) < 4.78 is 0. The lowest BCUT2D eigenvalue weighted by Crippen LogP contribution is -2.11. The van der Waals surface area contributed by atoms with Crippen LogP contribution < -0.4 is 0 Å². The third-order valence-electron chi connectivity index (χ3n) is 4.98. The number of phenols is 1. The molecule has 2 aromatic carbocycles. The predicted molar refractivity (Wildman–Crippen MR) is 119 cm³/mol. The maximum Gasteiger partial charge on any atom is 0.124 e. The molecule has 0 aliphatic heterocycles. The van der Waals surface area contributed by atoms with E-state index in [1.54, 1.807) is 6.07 Å². The Morgan fingerprint density at radius 1 is 0.690 bits per heavy atom. The maximum atomic E-state index is 10.2. The molecule has 3 nitrogen and oxygen atoms in total. The minimum atomic E-state index is -0.00511. The molecule has 0 saturated heterocycles. The summed E-state index contributed by atoms with van der Waals surface area (Å²) in [5, 5.41) is 10.2. The molecule has 0 spiro atoms. The van der Waals surface area contributed by atoms with Gasteiger partial charge in [-0.15, -0.1) is 0 Å². The highest BCUT2D eigenvalue weighted by atomic mass is 16.3. The third kappa shape index (κ3) is 4.04. The van der Waals surface area contributed by atoms with Crippen LogP contribution in [0.25, 0.3) is 33.8 Å².